The SMILES string of the molecule is c1ccc(-n2ccc3ccc4c(c5ccccc5n4-c4cc(-c5cccnc5)nc(-c5cncnc5)c4)c32)cc1. The topological polar surface area (TPSA) is 61.4 Å². The van der Waals surface area contributed by atoms with Gasteiger partial charge in [-0.15, -0.1) is 0 Å². The summed E-state index contributed by atoms with van der Waals surface area (Å²) in [5.41, 5.74) is 9.04. The molecule has 40 heavy (non-hydrogen) atoms. The smallest absolute Gasteiger partial charge is 0.115 e. The second-order valence-corrected chi connectivity index (χ2v) is 9.74. The van der Waals surface area contributed by atoms with E-state index >= 15 is 0 Å². The first-order valence-electron chi connectivity index (χ1n) is 13.1. The van der Waals surface area contributed by atoms with E-state index in [1.807, 2.05) is 18.3 Å². The van der Waals surface area contributed by atoms with E-state index in [0.717, 1.165) is 44.9 Å². The Balaban J connectivity index is 1.48. The van der Waals surface area contributed by atoms with E-state index in [1.165, 1.54) is 28.0 Å². The van der Waals surface area contributed by atoms with Crippen LogP contribution >= 0.6 is 0 Å². The minimum atomic E-state index is 0.802. The molecule has 0 radical (unpaired) electrons. The molecule has 0 aliphatic carbocycles. The highest BCUT2D eigenvalue weighted by molar-refractivity contribution is 6.20. The number of fused-ring (bicyclic) bond motifs is 5. The van der Waals surface area contributed by atoms with Crippen LogP contribution in [0.25, 0.3) is 66.6 Å². The van der Waals surface area contributed by atoms with Crippen LogP contribution in [0.4, 0.5) is 0 Å². The average Bonchev–Trinajstić information content (AvgIpc) is 3.61. The number of hydrogen-bond acceptors (Lipinski definition) is 4. The molecule has 6 heteroatoms. The summed E-state index contributed by atoms with van der Waals surface area (Å²) in [7, 11) is 0. The summed E-state index contributed by atoms with van der Waals surface area (Å²) in [5.74, 6) is 0. The number of hydrogen-bond donors (Lipinski definition) is 0. The van der Waals surface area contributed by atoms with Gasteiger partial charge in [-0.3, -0.25) is 4.98 Å². The van der Waals surface area contributed by atoms with Crippen molar-refractivity contribution in [3.63, 3.8) is 0 Å². The summed E-state index contributed by atoms with van der Waals surface area (Å²) in [6.07, 6.45) is 10.9. The van der Waals surface area contributed by atoms with Crippen LogP contribution in [0, 0.1) is 0 Å². The van der Waals surface area contributed by atoms with Crippen molar-refractivity contribution in [2.24, 2.45) is 0 Å². The quantitative estimate of drug-likeness (QED) is 0.242. The molecule has 5 aromatic heterocycles. The molecule has 6 nitrogen and oxygen atoms in total. The van der Waals surface area contributed by atoms with Gasteiger partial charge in [0.15, 0.2) is 0 Å². The van der Waals surface area contributed by atoms with Crippen LogP contribution in [0.3, 0.4) is 0 Å². The van der Waals surface area contributed by atoms with Crippen molar-refractivity contribution in [3.8, 4) is 33.9 Å². The monoisotopic (exact) mass is 514 g/mol. The lowest BCUT2D eigenvalue weighted by molar-refractivity contribution is 1.13. The van der Waals surface area contributed by atoms with Crippen LogP contribution in [-0.2, 0) is 0 Å². The van der Waals surface area contributed by atoms with E-state index < -0.39 is 0 Å². The van der Waals surface area contributed by atoms with Crippen molar-refractivity contribution in [3.05, 3.63) is 134 Å². The van der Waals surface area contributed by atoms with Crippen LogP contribution in [-0.4, -0.2) is 29.1 Å². The Hall–Kier alpha value is -5.62. The molecule has 0 unspecified atom stereocenters. The Kier molecular flexibility index (Phi) is 5.03. The summed E-state index contributed by atoms with van der Waals surface area (Å²) >= 11 is 0. The van der Waals surface area contributed by atoms with E-state index in [9.17, 15) is 0 Å². The predicted octanol–water partition coefficient (Wildman–Crippen LogP) is 7.64. The van der Waals surface area contributed by atoms with Crippen LogP contribution in [0.1, 0.15) is 0 Å². The van der Waals surface area contributed by atoms with Gasteiger partial charge in [0.05, 0.1) is 33.6 Å². The molecule has 8 rings (SSSR count). The largest absolute Gasteiger partial charge is 0.316 e. The second kappa shape index (κ2) is 8.99. The molecular formula is C34H22N6. The zero-order valence-corrected chi connectivity index (χ0v) is 21.4. The summed E-state index contributed by atoms with van der Waals surface area (Å²) in [6.45, 7) is 0. The van der Waals surface area contributed by atoms with Gasteiger partial charge >= 0.3 is 0 Å². The molecule has 5 heterocycles. The third kappa shape index (κ3) is 3.50. The zero-order chi connectivity index (χ0) is 26.5. The zero-order valence-electron chi connectivity index (χ0n) is 21.4. The lowest BCUT2D eigenvalue weighted by atomic mass is 10.1. The van der Waals surface area contributed by atoms with Crippen LogP contribution in [0.15, 0.2) is 134 Å². The standard InChI is InChI=1S/C34H22N6/c1-2-8-26(9-3-1)39-16-14-23-12-13-32-33(34(23)39)28-10-4-5-11-31(28)40(32)27-17-29(24-7-6-15-35-19-24)38-30(18-27)25-20-36-22-37-21-25/h1-22H. The minimum Gasteiger partial charge on any atom is -0.316 e. The first-order valence-corrected chi connectivity index (χ1v) is 13.1. The molecule has 188 valence electrons. The highest BCUT2D eigenvalue weighted by atomic mass is 15.0. The maximum absolute atomic E-state index is 5.00. The van der Waals surface area contributed by atoms with Crippen molar-refractivity contribution in [1.82, 2.24) is 29.1 Å². The average molecular weight is 515 g/mol. The number of nitrogens with zero attached hydrogens (tertiary/aromatic N) is 6. The van der Waals surface area contributed by atoms with E-state index in [4.69, 9.17) is 4.98 Å². The van der Waals surface area contributed by atoms with Crippen molar-refractivity contribution in [2.75, 3.05) is 0 Å². The molecule has 0 fully saturated rings. The normalized spacial score (nSPS) is 11.5. The Labute approximate surface area is 229 Å². The van der Waals surface area contributed by atoms with E-state index in [-0.39, 0.29) is 0 Å². The number of para-hydroxylation sites is 2. The Morgan fingerprint density at radius 1 is 0.575 bits per heavy atom. The molecule has 0 amide bonds. The molecule has 0 bridgehead atoms. The van der Waals surface area contributed by atoms with Gasteiger partial charge in [-0.2, -0.15) is 0 Å². The molecule has 3 aromatic carbocycles. The van der Waals surface area contributed by atoms with Crippen LogP contribution in [0.5, 0.6) is 0 Å². The van der Waals surface area contributed by atoms with Gasteiger partial charge in [0, 0.05) is 64.0 Å². The lowest BCUT2D eigenvalue weighted by Gasteiger charge is -2.13. The molecule has 0 saturated carbocycles. The van der Waals surface area contributed by atoms with Gasteiger partial charge in [0.2, 0.25) is 0 Å². The molecule has 0 saturated heterocycles. The number of aromatic nitrogens is 6. The predicted molar refractivity (Wildman–Crippen MR) is 160 cm³/mol. The fourth-order valence-electron chi connectivity index (χ4n) is 5.65. The lowest BCUT2D eigenvalue weighted by Crippen LogP contribution is -1.99. The van der Waals surface area contributed by atoms with Crippen LogP contribution in [0.2, 0.25) is 0 Å². The molecule has 8 aromatic rings. The van der Waals surface area contributed by atoms with Gasteiger partial charge in [0.25, 0.3) is 0 Å². The van der Waals surface area contributed by atoms with Crippen molar-refractivity contribution in [2.45, 2.75) is 0 Å². The maximum Gasteiger partial charge on any atom is 0.115 e. The van der Waals surface area contributed by atoms with Gasteiger partial charge in [-0.25, -0.2) is 15.0 Å². The van der Waals surface area contributed by atoms with Gasteiger partial charge in [0.1, 0.15) is 6.33 Å². The molecule has 0 aliphatic rings. The van der Waals surface area contributed by atoms with Crippen molar-refractivity contribution in [1.29, 1.82) is 0 Å². The highest BCUT2D eigenvalue weighted by Gasteiger charge is 2.19. The molecule has 0 atom stereocenters. The van der Waals surface area contributed by atoms with E-state index in [1.54, 1.807) is 18.6 Å². The molecule has 0 N–H and O–H groups in total. The van der Waals surface area contributed by atoms with Gasteiger partial charge < -0.3 is 9.13 Å². The maximum atomic E-state index is 5.00. The molecule has 0 aliphatic heterocycles. The highest BCUT2D eigenvalue weighted by Crippen LogP contribution is 2.39. The first-order chi connectivity index (χ1) is 19.8. The fraction of sp³-hybridized carbons (Fsp3) is 0. The van der Waals surface area contributed by atoms with Crippen LogP contribution < -0.4 is 0 Å². The molecular weight excluding hydrogens is 492 g/mol. The van der Waals surface area contributed by atoms with E-state index in [2.05, 4.69) is 115 Å². The third-order valence-corrected chi connectivity index (χ3v) is 7.40. The third-order valence-electron chi connectivity index (χ3n) is 7.40. The summed E-state index contributed by atoms with van der Waals surface area (Å²) in [4.78, 5) is 17.8. The molecule has 0 spiro atoms. The summed E-state index contributed by atoms with van der Waals surface area (Å²) in [6, 6.07) is 34.0. The number of benzene rings is 3. The summed E-state index contributed by atoms with van der Waals surface area (Å²) < 4.78 is 4.62. The summed E-state index contributed by atoms with van der Waals surface area (Å²) in [5, 5.41) is 3.61. The van der Waals surface area contributed by atoms with Gasteiger partial charge in [-0.05, 0) is 54.6 Å². The van der Waals surface area contributed by atoms with Crippen molar-refractivity contribution < 1.29 is 0 Å². The Morgan fingerprint density at radius 2 is 1.35 bits per heavy atom. The Morgan fingerprint density at radius 3 is 2.17 bits per heavy atom. The van der Waals surface area contributed by atoms with E-state index in [0.29, 0.717) is 0 Å². The Bertz CT molecular complexity index is 2090. The van der Waals surface area contributed by atoms with Gasteiger partial charge in [-0.1, -0.05) is 42.5 Å². The number of rotatable bonds is 4. The van der Waals surface area contributed by atoms with Crippen molar-refractivity contribution >= 4 is 32.7 Å². The second-order valence-electron chi connectivity index (χ2n) is 9.74. The fourth-order valence-corrected chi connectivity index (χ4v) is 5.65. The first kappa shape index (κ1) is 22.4. The minimum absolute atomic E-state index is 0.802. The number of pyridine rings is 2.